The minimum Gasteiger partial charge on any atom is -0.322 e. The number of hydrogen-bond acceptors (Lipinski definition) is 4. The summed E-state index contributed by atoms with van der Waals surface area (Å²) >= 11 is 6.07. The third-order valence-corrected chi connectivity index (χ3v) is 3.58. The summed E-state index contributed by atoms with van der Waals surface area (Å²) < 4.78 is 1.44. The van der Waals surface area contributed by atoms with Crippen LogP contribution in [0.4, 0.5) is 5.69 Å². The van der Waals surface area contributed by atoms with Crippen LogP contribution in [0.1, 0.15) is 15.9 Å². The summed E-state index contributed by atoms with van der Waals surface area (Å²) in [7, 11) is 0. The molecule has 0 aliphatic carbocycles. The van der Waals surface area contributed by atoms with Gasteiger partial charge < -0.3 is 5.32 Å². The van der Waals surface area contributed by atoms with Gasteiger partial charge in [-0.3, -0.25) is 4.79 Å². The van der Waals surface area contributed by atoms with Crippen molar-refractivity contribution in [2.75, 3.05) is 5.32 Å². The van der Waals surface area contributed by atoms with Gasteiger partial charge in [-0.2, -0.15) is 4.68 Å². The maximum absolute atomic E-state index is 12.5. The van der Waals surface area contributed by atoms with Crippen LogP contribution in [0.15, 0.2) is 48.8 Å². The Morgan fingerprint density at radius 2 is 2.05 bits per heavy atom. The molecule has 1 N–H and O–H groups in total. The Bertz CT molecular complexity index is 817. The maximum Gasteiger partial charge on any atom is 0.257 e. The van der Waals surface area contributed by atoms with E-state index in [2.05, 4.69) is 20.8 Å². The predicted octanol–water partition coefficient (Wildman–Crippen LogP) is 2.88. The number of rotatable bonds is 3. The lowest BCUT2D eigenvalue weighted by molar-refractivity contribution is 0.102. The topological polar surface area (TPSA) is 72.7 Å². The summed E-state index contributed by atoms with van der Waals surface area (Å²) in [6, 6.07) is 12.5. The minimum atomic E-state index is -0.258. The van der Waals surface area contributed by atoms with Gasteiger partial charge in [0.05, 0.1) is 11.3 Å². The molecule has 0 unspecified atom stereocenters. The highest BCUT2D eigenvalue weighted by atomic mass is 35.5. The van der Waals surface area contributed by atoms with Crippen molar-refractivity contribution in [3.05, 3.63) is 64.9 Å². The van der Waals surface area contributed by atoms with Crippen LogP contribution >= 0.6 is 11.6 Å². The molecule has 3 rings (SSSR count). The van der Waals surface area contributed by atoms with E-state index in [1.165, 1.54) is 11.0 Å². The lowest BCUT2D eigenvalue weighted by atomic mass is 10.1. The summed E-state index contributed by atoms with van der Waals surface area (Å²) in [5, 5.41) is 14.4. The number of amides is 1. The summed E-state index contributed by atoms with van der Waals surface area (Å²) in [6.45, 7) is 1.90. The normalized spacial score (nSPS) is 10.5. The molecule has 110 valence electrons. The van der Waals surface area contributed by atoms with Crippen LogP contribution in [0.2, 0.25) is 5.02 Å². The Morgan fingerprint density at radius 1 is 1.23 bits per heavy atom. The molecule has 3 aromatic rings. The Labute approximate surface area is 131 Å². The molecule has 0 aliphatic rings. The first-order chi connectivity index (χ1) is 10.6. The molecule has 0 atom stereocenters. The van der Waals surface area contributed by atoms with Crippen LogP contribution in [0.5, 0.6) is 0 Å². The average Bonchev–Trinajstić information content (AvgIpc) is 3.05. The molecule has 0 saturated heterocycles. The number of aryl methyl sites for hydroxylation is 1. The summed E-state index contributed by atoms with van der Waals surface area (Å²) in [5.41, 5.74) is 2.65. The minimum absolute atomic E-state index is 0.258. The van der Waals surface area contributed by atoms with Crippen molar-refractivity contribution in [3.63, 3.8) is 0 Å². The highest BCUT2D eigenvalue weighted by Gasteiger charge is 2.13. The fourth-order valence-corrected chi connectivity index (χ4v) is 2.19. The number of nitrogens with one attached hydrogen (secondary N) is 1. The van der Waals surface area contributed by atoms with Crippen LogP contribution < -0.4 is 5.32 Å². The number of benzene rings is 2. The highest BCUT2D eigenvalue weighted by Crippen LogP contribution is 2.21. The molecule has 0 spiro atoms. The predicted molar refractivity (Wildman–Crippen MR) is 83.3 cm³/mol. The lowest BCUT2D eigenvalue weighted by Gasteiger charge is -2.10. The van der Waals surface area contributed by atoms with E-state index < -0.39 is 0 Å². The highest BCUT2D eigenvalue weighted by molar-refractivity contribution is 6.31. The number of tetrazole rings is 1. The van der Waals surface area contributed by atoms with Crippen LogP contribution in [0.3, 0.4) is 0 Å². The first-order valence-corrected chi connectivity index (χ1v) is 6.93. The lowest BCUT2D eigenvalue weighted by Crippen LogP contribution is -2.15. The van der Waals surface area contributed by atoms with Gasteiger partial charge in [-0.15, -0.1) is 5.10 Å². The van der Waals surface area contributed by atoms with Gasteiger partial charge in [0.2, 0.25) is 0 Å². The monoisotopic (exact) mass is 313 g/mol. The molecule has 0 radical (unpaired) electrons. The van der Waals surface area contributed by atoms with Crippen LogP contribution in [0, 0.1) is 6.92 Å². The molecule has 0 fully saturated rings. The Morgan fingerprint density at radius 3 is 2.77 bits per heavy atom. The maximum atomic E-state index is 12.5. The second kappa shape index (κ2) is 5.95. The van der Waals surface area contributed by atoms with Gasteiger partial charge in [0.15, 0.2) is 0 Å². The SMILES string of the molecule is Cc1ccc(NC(=O)c2ccccc2-n2cnnn2)cc1Cl. The molecule has 1 heterocycles. The molecule has 0 saturated carbocycles. The van der Waals surface area contributed by atoms with Crippen LogP contribution in [-0.2, 0) is 0 Å². The molecule has 1 aromatic heterocycles. The van der Waals surface area contributed by atoms with E-state index in [9.17, 15) is 4.79 Å². The van der Waals surface area contributed by atoms with E-state index in [1.54, 1.807) is 30.3 Å². The van der Waals surface area contributed by atoms with Gasteiger partial charge >= 0.3 is 0 Å². The first kappa shape index (κ1) is 14.2. The van der Waals surface area contributed by atoms with E-state index in [-0.39, 0.29) is 5.91 Å². The quantitative estimate of drug-likeness (QED) is 0.807. The molecule has 1 amide bonds. The molecule has 0 bridgehead atoms. The van der Waals surface area contributed by atoms with Gasteiger partial charge in [-0.25, -0.2) is 0 Å². The average molecular weight is 314 g/mol. The zero-order chi connectivity index (χ0) is 15.5. The van der Waals surface area contributed by atoms with Crippen LogP contribution in [0.25, 0.3) is 5.69 Å². The molecule has 2 aromatic carbocycles. The molecule has 7 heteroatoms. The number of aromatic nitrogens is 4. The van der Waals surface area contributed by atoms with Gasteiger partial charge in [0, 0.05) is 10.7 Å². The summed E-state index contributed by atoms with van der Waals surface area (Å²) in [4.78, 5) is 12.5. The third kappa shape index (κ3) is 2.82. The van der Waals surface area contributed by atoms with Crippen molar-refractivity contribution in [3.8, 4) is 5.69 Å². The Hall–Kier alpha value is -2.73. The van der Waals surface area contributed by atoms with Gasteiger partial charge in [-0.1, -0.05) is 29.8 Å². The fourth-order valence-electron chi connectivity index (χ4n) is 2.01. The molecule has 22 heavy (non-hydrogen) atoms. The van der Waals surface area contributed by atoms with Gasteiger partial charge in [0.25, 0.3) is 5.91 Å². The second-order valence-corrected chi connectivity index (χ2v) is 5.10. The largest absolute Gasteiger partial charge is 0.322 e. The van der Waals surface area contributed by atoms with Crippen LogP contribution in [-0.4, -0.2) is 26.1 Å². The molecule has 6 nitrogen and oxygen atoms in total. The van der Waals surface area contributed by atoms with Crippen molar-refractivity contribution in [1.29, 1.82) is 0 Å². The van der Waals surface area contributed by atoms with Crippen molar-refractivity contribution in [1.82, 2.24) is 20.2 Å². The number of halogens is 1. The van der Waals surface area contributed by atoms with Crippen molar-refractivity contribution >= 4 is 23.2 Å². The number of nitrogens with zero attached hydrogens (tertiary/aromatic N) is 4. The Balaban J connectivity index is 1.91. The number of anilines is 1. The smallest absolute Gasteiger partial charge is 0.257 e. The van der Waals surface area contributed by atoms with Gasteiger partial charge in [0.1, 0.15) is 6.33 Å². The zero-order valence-corrected chi connectivity index (χ0v) is 12.4. The van der Waals surface area contributed by atoms with E-state index in [4.69, 9.17) is 11.6 Å². The summed E-state index contributed by atoms with van der Waals surface area (Å²) in [5.74, 6) is -0.258. The van der Waals surface area contributed by atoms with Gasteiger partial charge in [-0.05, 0) is 47.2 Å². The van der Waals surface area contributed by atoms with E-state index in [0.29, 0.717) is 22.0 Å². The van der Waals surface area contributed by atoms with Crippen molar-refractivity contribution in [2.45, 2.75) is 6.92 Å². The fraction of sp³-hybridized carbons (Fsp3) is 0.0667. The number of hydrogen-bond donors (Lipinski definition) is 1. The van der Waals surface area contributed by atoms with Crippen molar-refractivity contribution in [2.24, 2.45) is 0 Å². The van der Waals surface area contributed by atoms with E-state index in [0.717, 1.165) is 5.56 Å². The zero-order valence-electron chi connectivity index (χ0n) is 11.7. The number of para-hydroxylation sites is 1. The third-order valence-electron chi connectivity index (χ3n) is 3.17. The molecular weight excluding hydrogens is 302 g/mol. The molecule has 0 aliphatic heterocycles. The second-order valence-electron chi connectivity index (χ2n) is 4.69. The molecular formula is C15H12ClN5O. The standard InChI is InChI=1S/C15H12ClN5O/c1-10-6-7-11(8-13(10)16)18-15(22)12-4-2-3-5-14(12)21-9-17-19-20-21/h2-9H,1H3,(H,18,22). The summed E-state index contributed by atoms with van der Waals surface area (Å²) in [6.07, 6.45) is 1.44. The van der Waals surface area contributed by atoms with E-state index >= 15 is 0 Å². The number of carbonyl (C=O) groups excluding carboxylic acids is 1. The Kier molecular flexibility index (Phi) is 3.84. The number of carbonyl (C=O) groups is 1. The first-order valence-electron chi connectivity index (χ1n) is 6.55. The van der Waals surface area contributed by atoms with E-state index in [1.807, 2.05) is 19.1 Å². The van der Waals surface area contributed by atoms with Crippen molar-refractivity contribution < 1.29 is 4.79 Å².